The molecular formula is C14H31N3. The van der Waals surface area contributed by atoms with Gasteiger partial charge in [-0.15, -0.1) is 0 Å². The quantitative estimate of drug-likeness (QED) is 0.809. The average Bonchev–Trinajstić information content (AvgIpc) is 2.15. The molecule has 1 aliphatic rings. The monoisotopic (exact) mass is 241 g/mol. The molecule has 1 saturated heterocycles. The van der Waals surface area contributed by atoms with E-state index in [2.05, 4.69) is 56.8 Å². The van der Waals surface area contributed by atoms with Gasteiger partial charge in [0.05, 0.1) is 0 Å². The number of likely N-dealkylation sites (N-methyl/N-ethyl adjacent to an activating group) is 1. The summed E-state index contributed by atoms with van der Waals surface area (Å²) in [5.41, 5.74) is 0.244. The van der Waals surface area contributed by atoms with Gasteiger partial charge in [-0.05, 0) is 54.6 Å². The Bertz CT molecular complexity index is 222. The Morgan fingerprint density at radius 2 is 1.94 bits per heavy atom. The first-order valence-corrected chi connectivity index (χ1v) is 6.99. The molecule has 3 heteroatoms. The van der Waals surface area contributed by atoms with Crippen LogP contribution >= 0.6 is 0 Å². The highest BCUT2D eigenvalue weighted by atomic mass is 15.3. The lowest BCUT2D eigenvalue weighted by atomic mass is 10.1. The molecule has 3 nitrogen and oxygen atoms in total. The third-order valence-corrected chi connectivity index (χ3v) is 3.67. The van der Waals surface area contributed by atoms with Crippen LogP contribution in [0.25, 0.3) is 0 Å². The Hall–Kier alpha value is -0.120. The molecular weight excluding hydrogens is 210 g/mol. The SMILES string of the molecule is CC(CCNC(C)(C)C)N1CCN(C)CC1C. The maximum absolute atomic E-state index is 3.58. The minimum absolute atomic E-state index is 0.244. The van der Waals surface area contributed by atoms with E-state index in [4.69, 9.17) is 0 Å². The van der Waals surface area contributed by atoms with E-state index in [1.807, 2.05) is 0 Å². The molecule has 0 spiro atoms. The highest BCUT2D eigenvalue weighted by molar-refractivity contribution is 4.82. The van der Waals surface area contributed by atoms with Crippen LogP contribution in [0.4, 0.5) is 0 Å². The first-order valence-electron chi connectivity index (χ1n) is 6.99. The zero-order chi connectivity index (χ0) is 13.1. The van der Waals surface area contributed by atoms with Crippen LogP contribution < -0.4 is 5.32 Å². The van der Waals surface area contributed by atoms with E-state index in [1.54, 1.807) is 0 Å². The predicted molar refractivity (Wildman–Crippen MR) is 75.5 cm³/mol. The van der Waals surface area contributed by atoms with Crippen molar-refractivity contribution in [1.29, 1.82) is 0 Å². The molecule has 102 valence electrons. The molecule has 2 unspecified atom stereocenters. The highest BCUT2D eigenvalue weighted by Crippen LogP contribution is 2.14. The molecule has 1 aliphatic heterocycles. The Morgan fingerprint density at radius 3 is 2.47 bits per heavy atom. The van der Waals surface area contributed by atoms with Gasteiger partial charge in [0, 0.05) is 37.3 Å². The third kappa shape index (κ3) is 5.36. The fourth-order valence-electron chi connectivity index (χ4n) is 2.63. The molecule has 1 N–H and O–H groups in total. The summed E-state index contributed by atoms with van der Waals surface area (Å²) in [7, 11) is 2.22. The van der Waals surface area contributed by atoms with Gasteiger partial charge in [0.25, 0.3) is 0 Å². The lowest BCUT2D eigenvalue weighted by molar-refractivity contribution is 0.0638. The van der Waals surface area contributed by atoms with E-state index in [9.17, 15) is 0 Å². The third-order valence-electron chi connectivity index (χ3n) is 3.67. The largest absolute Gasteiger partial charge is 0.312 e. The number of rotatable bonds is 4. The van der Waals surface area contributed by atoms with Gasteiger partial charge in [-0.25, -0.2) is 0 Å². The average molecular weight is 241 g/mol. The molecule has 17 heavy (non-hydrogen) atoms. The van der Waals surface area contributed by atoms with Crippen LogP contribution in [0.15, 0.2) is 0 Å². The van der Waals surface area contributed by atoms with Crippen molar-refractivity contribution >= 4 is 0 Å². The Morgan fingerprint density at radius 1 is 1.29 bits per heavy atom. The van der Waals surface area contributed by atoms with Gasteiger partial charge in [-0.2, -0.15) is 0 Å². The van der Waals surface area contributed by atoms with Crippen LogP contribution in [0.3, 0.4) is 0 Å². The summed E-state index contributed by atoms with van der Waals surface area (Å²) >= 11 is 0. The first-order chi connectivity index (χ1) is 7.79. The fraction of sp³-hybridized carbons (Fsp3) is 1.00. The first kappa shape index (κ1) is 14.9. The van der Waals surface area contributed by atoms with Gasteiger partial charge in [-0.3, -0.25) is 4.90 Å². The Labute approximate surface area is 108 Å². The van der Waals surface area contributed by atoms with Crippen LogP contribution in [0.2, 0.25) is 0 Å². The second kappa shape index (κ2) is 6.17. The van der Waals surface area contributed by atoms with Gasteiger partial charge in [0.1, 0.15) is 0 Å². The molecule has 0 aliphatic carbocycles. The minimum Gasteiger partial charge on any atom is -0.312 e. The topological polar surface area (TPSA) is 18.5 Å². The standard InChI is InChI=1S/C14H31N3/c1-12(7-8-15-14(3,4)5)17-10-9-16(6)11-13(17)2/h12-13,15H,7-11H2,1-6H3. The van der Waals surface area contributed by atoms with Gasteiger partial charge < -0.3 is 10.2 Å². The molecule has 0 aromatic carbocycles. The normalized spacial score (nSPS) is 26.1. The molecule has 1 heterocycles. The zero-order valence-corrected chi connectivity index (χ0v) is 12.6. The van der Waals surface area contributed by atoms with Crippen LogP contribution in [-0.2, 0) is 0 Å². The number of hydrogen-bond acceptors (Lipinski definition) is 3. The van der Waals surface area contributed by atoms with Gasteiger partial charge in [-0.1, -0.05) is 0 Å². The van der Waals surface area contributed by atoms with Crippen molar-refractivity contribution in [2.45, 2.75) is 58.7 Å². The van der Waals surface area contributed by atoms with Gasteiger partial charge in [0.15, 0.2) is 0 Å². The van der Waals surface area contributed by atoms with Crippen molar-refractivity contribution in [1.82, 2.24) is 15.1 Å². The maximum atomic E-state index is 3.58. The van der Waals surface area contributed by atoms with Crippen LogP contribution in [0.1, 0.15) is 41.0 Å². The Balaban J connectivity index is 2.30. The number of hydrogen-bond donors (Lipinski definition) is 1. The molecule has 0 radical (unpaired) electrons. The summed E-state index contributed by atoms with van der Waals surface area (Å²) in [5, 5.41) is 3.58. The maximum Gasteiger partial charge on any atom is 0.0198 e. The predicted octanol–water partition coefficient (Wildman–Crippen LogP) is 1.79. The second-order valence-corrected chi connectivity index (χ2v) is 6.66. The second-order valence-electron chi connectivity index (χ2n) is 6.66. The summed E-state index contributed by atoms with van der Waals surface area (Å²) < 4.78 is 0. The molecule has 1 fully saturated rings. The highest BCUT2D eigenvalue weighted by Gasteiger charge is 2.25. The van der Waals surface area contributed by atoms with E-state index in [-0.39, 0.29) is 5.54 Å². The van der Waals surface area contributed by atoms with Crippen molar-refractivity contribution in [2.24, 2.45) is 0 Å². The molecule has 0 aromatic heterocycles. The summed E-state index contributed by atoms with van der Waals surface area (Å²) in [4.78, 5) is 5.09. The van der Waals surface area contributed by atoms with Crippen LogP contribution in [0, 0.1) is 0 Å². The summed E-state index contributed by atoms with van der Waals surface area (Å²) in [5.74, 6) is 0. The summed E-state index contributed by atoms with van der Waals surface area (Å²) in [6, 6.07) is 1.38. The van der Waals surface area contributed by atoms with Crippen molar-refractivity contribution in [3.05, 3.63) is 0 Å². The molecule has 0 aromatic rings. The summed E-state index contributed by atoms with van der Waals surface area (Å²) in [6.07, 6.45) is 1.24. The summed E-state index contributed by atoms with van der Waals surface area (Å²) in [6.45, 7) is 16.2. The smallest absolute Gasteiger partial charge is 0.0198 e. The minimum atomic E-state index is 0.244. The zero-order valence-electron chi connectivity index (χ0n) is 12.6. The number of nitrogens with zero attached hydrogens (tertiary/aromatic N) is 2. The molecule has 1 rings (SSSR count). The van der Waals surface area contributed by atoms with Crippen molar-refractivity contribution in [2.75, 3.05) is 33.2 Å². The molecule has 2 atom stereocenters. The van der Waals surface area contributed by atoms with Gasteiger partial charge in [0.2, 0.25) is 0 Å². The lowest BCUT2D eigenvalue weighted by Crippen LogP contribution is -2.54. The lowest BCUT2D eigenvalue weighted by Gasteiger charge is -2.42. The van der Waals surface area contributed by atoms with Crippen LogP contribution in [0.5, 0.6) is 0 Å². The van der Waals surface area contributed by atoms with E-state index < -0.39 is 0 Å². The number of nitrogens with one attached hydrogen (secondary N) is 1. The fourth-order valence-corrected chi connectivity index (χ4v) is 2.63. The van der Waals surface area contributed by atoms with Crippen molar-refractivity contribution in [3.8, 4) is 0 Å². The van der Waals surface area contributed by atoms with Crippen LogP contribution in [-0.4, -0.2) is 60.6 Å². The van der Waals surface area contributed by atoms with Gasteiger partial charge >= 0.3 is 0 Å². The van der Waals surface area contributed by atoms with Crippen molar-refractivity contribution < 1.29 is 0 Å². The van der Waals surface area contributed by atoms with E-state index in [0.29, 0.717) is 12.1 Å². The van der Waals surface area contributed by atoms with E-state index in [1.165, 1.54) is 26.1 Å². The number of piperazine rings is 1. The Kier molecular flexibility index (Phi) is 5.42. The van der Waals surface area contributed by atoms with Crippen molar-refractivity contribution in [3.63, 3.8) is 0 Å². The molecule has 0 saturated carbocycles. The molecule has 0 bridgehead atoms. The molecule has 0 amide bonds. The van der Waals surface area contributed by atoms with E-state index in [0.717, 1.165) is 6.54 Å². The van der Waals surface area contributed by atoms with E-state index >= 15 is 0 Å².